The van der Waals surface area contributed by atoms with Gasteiger partial charge in [0.15, 0.2) is 11.5 Å². The molecular formula is C16H13ClO3. The van der Waals surface area contributed by atoms with E-state index in [-0.39, 0.29) is 11.9 Å². The van der Waals surface area contributed by atoms with Crippen LogP contribution in [0.4, 0.5) is 0 Å². The molecule has 102 valence electrons. The predicted octanol–water partition coefficient (Wildman–Crippen LogP) is 4.54. The Morgan fingerprint density at radius 3 is 2.65 bits per heavy atom. The highest BCUT2D eigenvalue weighted by molar-refractivity contribution is 6.32. The highest BCUT2D eigenvalue weighted by Crippen LogP contribution is 2.45. The molecule has 0 spiro atoms. The van der Waals surface area contributed by atoms with Crippen LogP contribution >= 0.6 is 11.6 Å². The van der Waals surface area contributed by atoms with Crippen molar-refractivity contribution < 1.29 is 14.3 Å². The lowest BCUT2D eigenvalue weighted by atomic mass is 9.98. The average Bonchev–Trinajstić information content (AvgIpc) is 2.78. The number of rotatable bonds is 3. The Balaban J connectivity index is 1.99. The van der Waals surface area contributed by atoms with Gasteiger partial charge in [0.2, 0.25) is 0 Å². The number of benzene rings is 2. The Labute approximate surface area is 122 Å². The van der Waals surface area contributed by atoms with E-state index in [1.807, 2.05) is 31.2 Å². The minimum absolute atomic E-state index is 0.209. The number of ether oxygens (including phenoxy) is 2. The molecule has 0 bridgehead atoms. The van der Waals surface area contributed by atoms with E-state index in [2.05, 4.69) is 0 Å². The van der Waals surface area contributed by atoms with Gasteiger partial charge in [-0.15, -0.1) is 0 Å². The summed E-state index contributed by atoms with van der Waals surface area (Å²) in [5.74, 6) is 1.13. The molecule has 1 atom stereocenters. The van der Waals surface area contributed by atoms with E-state index in [1.165, 1.54) is 0 Å². The third kappa shape index (κ3) is 2.14. The molecule has 4 heteroatoms. The second-order valence-corrected chi connectivity index (χ2v) is 5.00. The first-order valence-electron chi connectivity index (χ1n) is 6.47. The van der Waals surface area contributed by atoms with E-state index in [4.69, 9.17) is 21.1 Å². The van der Waals surface area contributed by atoms with Crippen LogP contribution in [-0.2, 0) is 4.79 Å². The fraction of sp³-hybridized carbons (Fsp3) is 0.188. The number of para-hydroxylation sites is 2. The zero-order valence-electron chi connectivity index (χ0n) is 10.9. The zero-order chi connectivity index (χ0) is 14.1. The fourth-order valence-electron chi connectivity index (χ4n) is 2.33. The minimum Gasteiger partial charge on any atom is -0.452 e. The minimum atomic E-state index is -0.224. The van der Waals surface area contributed by atoms with Gasteiger partial charge in [0.1, 0.15) is 5.75 Å². The molecule has 0 aliphatic carbocycles. The standard InChI is InChI=1S/C16H13ClO3/c1-2-10-11-6-5-9-14(15(11)20-16(10)18)19-13-8-4-3-7-12(13)17/h3-10H,2H2,1H3. The molecule has 3 nitrogen and oxygen atoms in total. The van der Waals surface area contributed by atoms with Gasteiger partial charge in [-0.1, -0.05) is 42.8 Å². The lowest BCUT2D eigenvalue weighted by Gasteiger charge is -2.10. The summed E-state index contributed by atoms with van der Waals surface area (Å²) in [6.07, 6.45) is 0.710. The Kier molecular flexibility index (Phi) is 3.36. The number of hydrogen-bond donors (Lipinski definition) is 0. The monoisotopic (exact) mass is 288 g/mol. The topological polar surface area (TPSA) is 35.5 Å². The van der Waals surface area contributed by atoms with Gasteiger partial charge in [-0.2, -0.15) is 0 Å². The summed E-state index contributed by atoms with van der Waals surface area (Å²) in [7, 11) is 0. The molecule has 0 saturated carbocycles. The van der Waals surface area contributed by atoms with Gasteiger partial charge in [-0.05, 0) is 24.6 Å². The molecule has 0 radical (unpaired) electrons. The molecule has 0 N–H and O–H groups in total. The molecule has 1 aliphatic heterocycles. The molecule has 20 heavy (non-hydrogen) atoms. The van der Waals surface area contributed by atoms with Crippen molar-refractivity contribution in [2.45, 2.75) is 19.3 Å². The number of halogens is 1. The third-order valence-corrected chi connectivity index (χ3v) is 3.65. The highest BCUT2D eigenvalue weighted by atomic mass is 35.5. The van der Waals surface area contributed by atoms with Crippen LogP contribution < -0.4 is 9.47 Å². The first kappa shape index (κ1) is 13.0. The third-order valence-electron chi connectivity index (χ3n) is 3.34. The quantitative estimate of drug-likeness (QED) is 0.614. The van der Waals surface area contributed by atoms with Crippen LogP contribution in [0.2, 0.25) is 5.02 Å². The van der Waals surface area contributed by atoms with Gasteiger partial charge in [-0.25, -0.2) is 0 Å². The number of carbonyl (C=O) groups excluding carboxylic acids is 1. The highest BCUT2D eigenvalue weighted by Gasteiger charge is 2.34. The maximum atomic E-state index is 11.8. The Hall–Kier alpha value is -2.00. The Morgan fingerprint density at radius 1 is 1.15 bits per heavy atom. The maximum Gasteiger partial charge on any atom is 0.319 e. The number of fused-ring (bicyclic) bond motifs is 1. The van der Waals surface area contributed by atoms with Crippen LogP contribution in [0.15, 0.2) is 42.5 Å². The zero-order valence-corrected chi connectivity index (χ0v) is 11.7. The average molecular weight is 289 g/mol. The van der Waals surface area contributed by atoms with Crippen molar-refractivity contribution in [1.82, 2.24) is 0 Å². The van der Waals surface area contributed by atoms with Gasteiger partial charge in [-0.3, -0.25) is 4.79 Å². The van der Waals surface area contributed by atoms with E-state index in [0.29, 0.717) is 28.7 Å². The SMILES string of the molecule is CCC1C(=O)Oc2c(Oc3ccccc3Cl)cccc21. The molecule has 3 rings (SSSR count). The molecule has 0 amide bonds. The Bertz CT molecular complexity index is 667. The maximum absolute atomic E-state index is 11.8. The molecule has 2 aromatic rings. The summed E-state index contributed by atoms with van der Waals surface area (Å²) in [6, 6.07) is 12.7. The second kappa shape index (κ2) is 5.17. The molecule has 0 saturated heterocycles. The summed E-state index contributed by atoms with van der Waals surface area (Å²) < 4.78 is 11.1. The summed E-state index contributed by atoms with van der Waals surface area (Å²) in [4.78, 5) is 11.8. The predicted molar refractivity (Wildman–Crippen MR) is 76.6 cm³/mol. The lowest BCUT2D eigenvalue weighted by Crippen LogP contribution is -2.08. The largest absolute Gasteiger partial charge is 0.452 e. The summed E-state index contributed by atoms with van der Waals surface area (Å²) in [6.45, 7) is 1.96. The van der Waals surface area contributed by atoms with Gasteiger partial charge in [0.05, 0.1) is 10.9 Å². The smallest absolute Gasteiger partial charge is 0.319 e. The van der Waals surface area contributed by atoms with Crippen LogP contribution in [0.5, 0.6) is 17.2 Å². The summed E-state index contributed by atoms with van der Waals surface area (Å²) in [5, 5.41) is 0.515. The van der Waals surface area contributed by atoms with Gasteiger partial charge < -0.3 is 9.47 Å². The van der Waals surface area contributed by atoms with Crippen molar-refractivity contribution in [3.8, 4) is 17.2 Å². The Morgan fingerprint density at radius 2 is 1.90 bits per heavy atom. The van der Waals surface area contributed by atoms with E-state index in [0.717, 1.165) is 5.56 Å². The van der Waals surface area contributed by atoms with Gasteiger partial charge in [0.25, 0.3) is 0 Å². The first-order valence-corrected chi connectivity index (χ1v) is 6.85. The van der Waals surface area contributed by atoms with Crippen LogP contribution in [0, 0.1) is 0 Å². The molecule has 0 fully saturated rings. The van der Waals surface area contributed by atoms with Crippen molar-refractivity contribution in [1.29, 1.82) is 0 Å². The van der Waals surface area contributed by atoms with Crippen LogP contribution in [-0.4, -0.2) is 5.97 Å². The van der Waals surface area contributed by atoms with Crippen molar-refractivity contribution in [3.63, 3.8) is 0 Å². The normalized spacial score (nSPS) is 16.7. The first-order chi connectivity index (χ1) is 9.70. The summed E-state index contributed by atoms with van der Waals surface area (Å²) in [5.41, 5.74) is 0.877. The fourth-order valence-corrected chi connectivity index (χ4v) is 2.50. The van der Waals surface area contributed by atoms with Crippen molar-refractivity contribution in [2.75, 3.05) is 0 Å². The van der Waals surface area contributed by atoms with E-state index in [9.17, 15) is 4.79 Å². The van der Waals surface area contributed by atoms with Crippen molar-refractivity contribution >= 4 is 17.6 Å². The van der Waals surface area contributed by atoms with Crippen molar-refractivity contribution in [2.24, 2.45) is 0 Å². The molecular weight excluding hydrogens is 276 g/mol. The summed E-state index contributed by atoms with van der Waals surface area (Å²) >= 11 is 6.08. The second-order valence-electron chi connectivity index (χ2n) is 4.59. The number of carbonyl (C=O) groups is 1. The molecule has 2 aromatic carbocycles. The molecule has 1 heterocycles. The van der Waals surface area contributed by atoms with Crippen LogP contribution in [0.25, 0.3) is 0 Å². The number of hydrogen-bond acceptors (Lipinski definition) is 3. The van der Waals surface area contributed by atoms with Crippen LogP contribution in [0.1, 0.15) is 24.8 Å². The van der Waals surface area contributed by atoms with E-state index in [1.54, 1.807) is 18.2 Å². The van der Waals surface area contributed by atoms with E-state index >= 15 is 0 Å². The van der Waals surface area contributed by atoms with Crippen LogP contribution in [0.3, 0.4) is 0 Å². The van der Waals surface area contributed by atoms with Gasteiger partial charge >= 0.3 is 5.97 Å². The lowest BCUT2D eigenvalue weighted by molar-refractivity contribution is -0.134. The van der Waals surface area contributed by atoms with Gasteiger partial charge in [0, 0.05) is 5.56 Å². The number of esters is 1. The van der Waals surface area contributed by atoms with Crippen molar-refractivity contribution in [3.05, 3.63) is 53.1 Å². The molecule has 1 unspecified atom stereocenters. The molecule has 0 aromatic heterocycles. The van der Waals surface area contributed by atoms with E-state index < -0.39 is 0 Å². The molecule has 1 aliphatic rings.